The standard InChI is InChI=1S/C16H19F3N2O2/c1-10-5-6-11(16(17,18)19)9-12(10)13(22)21-15(14(20)23)7-3-2-4-8-15/h5-6,9H,2-4,7-8H2,1H3,(H2,20,23)(H,21,22). The fourth-order valence-electron chi connectivity index (χ4n) is 2.92. The lowest BCUT2D eigenvalue weighted by molar-refractivity contribution is -0.137. The van der Waals surface area contributed by atoms with Crippen molar-refractivity contribution in [3.63, 3.8) is 0 Å². The molecular weight excluding hydrogens is 309 g/mol. The molecule has 1 aromatic rings. The van der Waals surface area contributed by atoms with Gasteiger partial charge in [-0.15, -0.1) is 0 Å². The quantitative estimate of drug-likeness (QED) is 0.895. The number of carbonyl (C=O) groups excluding carboxylic acids is 2. The molecule has 1 saturated carbocycles. The predicted octanol–water partition coefficient (Wildman–Crippen LogP) is 2.93. The molecule has 7 heteroatoms. The van der Waals surface area contributed by atoms with Gasteiger partial charge in [-0.25, -0.2) is 0 Å². The minimum atomic E-state index is -4.53. The number of nitrogens with two attached hydrogens (primary N) is 1. The fourth-order valence-corrected chi connectivity index (χ4v) is 2.92. The molecule has 3 N–H and O–H groups in total. The largest absolute Gasteiger partial charge is 0.416 e. The molecular formula is C16H19F3N2O2. The summed E-state index contributed by atoms with van der Waals surface area (Å²) in [5, 5.41) is 2.59. The molecule has 2 amide bonds. The first kappa shape index (κ1) is 17.3. The van der Waals surface area contributed by atoms with Gasteiger partial charge in [0, 0.05) is 5.56 Å². The second kappa shape index (κ2) is 6.22. The molecule has 0 bridgehead atoms. The summed E-state index contributed by atoms with van der Waals surface area (Å²) in [6.07, 6.45) is -1.30. The van der Waals surface area contributed by atoms with Gasteiger partial charge in [-0.1, -0.05) is 25.3 Å². The maximum absolute atomic E-state index is 12.8. The van der Waals surface area contributed by atoms with Crippen molar-refractivity contribution in [2.45, 2.75) is 50.7 Å². The lowest BCUT2D eigenvalue weighted by Gasteiger charge is -2.35. The molecule has 4 nitrogen and oxygen atoms in total. The molecule has 0 heterocycles. The maximum Gasteiger partial charge on any atom is 0.416 e. The molecule has 0 aliphatic heterocycles. The molecule has 0 radical (unpaired) electrons. The van der Waals surface area contributed by atoms with Crippen LogP contribution in [0.5, 0.6) is 0 Å². The molecule has 1 aromatic carbocycles. The number of nitrogens with one attached hydrogen (secondary N) is 1. The van der Waals surface area contributed by atoms with Gasteiger partial charge in [0.15, 0.2) is 0 Å². The zero-order valence-corrected chi connectivity index (χ0v) is 12.8. The van der Waals surface area contributed by atoms with Crippen LogP contribution in [0.2, 0.25) is 0 Å². The van der Waals surface area contributed by atoms with Crippen molar-refractivity contribution in [1.29, 1.82) is 0 Å². The van der Waals surface area contributed by atoms with Gasteiger partial charge in [0.05, 0.1) is 5.56 Å². The molecule has 1 fully saturated rings. The van der Waals surface area contributed by atoms with Gasteiger partial charge in [0.25, 0.3) is 5.91 Å². The normalized spacial score (nSPS) is 17.6. The predicted molar refractivity (Wildman–Crippen MR) is 78.7 cm³/mol. The van der Waals surface area contributed by atoms with Gasteiger partial charge in [0.1, 0.15) is 5.54 Å². The summed E-state index contributed by atoms with van der Waals surface area (Å²) in [5.41, 5.74) is 3.68. The van der Waals surface area contributed by atoms with E-state index in [1.54, 1.807) is 6.92 Å². The van der Waals surface area contributed by atoms with E-state index < -0.39 is 29.1 Å². The van der Waals surface area contributed by atoms with Crippen molar-refractivity contribution in [3.8, 4) is 0 Å². The van der Waals surface area contributed by atoms with Gasteiger partial charge in [0.2, 0.25) is 5.91 Å². The highest BCUT2D eigenvalue weighted by molar-refractivity contribution is 6.00. The van der Waals surface area contributed by atoms with E-state index >= 15 is 0 Å². The van der Waals surface area contributed by atoms with Gasteiger partial charge in [-0.3, -0.25) is 9.59 Å². The Morgan fingerprint density at radius 3 is 2.30 bits per heavy atom. The van der Waals surface area contributed by atoms with Crippen molar-refractivity contribution < 1.29 is 22.8 Å². The van der Waals surface area contributed by atoms with Gasteiger partial charge >= 0.3 is 6.18 Å². The van der Waals surface area contributed by atoms with Crippen LogP contribution in [0.4, 0.5) is 13.2 Å². The Hall–Kier alpha value is -2.05. The number of carbonyl (C=O) groups is 2. The van der Waals surface area contributed by atoms with Crippen molar-refractivity contribution in [3.05, 3.63) is 34.9 Å². The molecule has 126 valence electrons. The number of aryl methyl sites for hydroxylation is 1. The van der Waals surface area contributed by atoms with E-state index in [2.05, 4.69) is 5.32 Å². The van der Waals surface area contributed by atoms with Crippen molar-refractivity contribution >= 4 is 11.8 Å². The van der Waals surface area contributed by atoms with Crippen molar-refractivity contribution in [2.24, 2.45) is 5.73 Å². The van der Waals surface area contributed by atoms with E-state index in [-0.39, 0.29) is 5.56 Å². The number of primary amides is 1. The molecule has 0 unspecified atom stereocenters. The first-order chi connectivity index (χ1) is 10.7. The first-order valence-electron chi connectivity index (χ1n) is 7.46. The number of hydrogen-bond acceptors (Lipinski definition) is 2. The van der Waals surface area contributed by atoms with E-state index in [0.29, 0.717) is 18.4 Å². The summed E-state index contributed by atoms with van der Waals surface area (Å²) in [4.78, 5) is 24.2. The Morgan fingerprint density at radius 1 is 1.17 bits per heavy atom. The maximum atomic E-state index is 12.8. The number of benzene rings is 1. The van der Waals surface area contributed by atoms with E-state index in [4.69, 9.17) is 5.73 Å². The lowest BCUT2D eigenvalue weighted by Crippen LogP contribution is -2.58. The zero-order valence-electron chi connectivity index (χ0n) is 12.8. The van der Waals surface area contributed by atoms with Crippen LogP contribution in [0, 0.1) is 6.92 Å². The summed E-state index contributed by atoms with van der Waals surface area (Å²) in [7, 11) is 0. The Kier molecular flexibility index (Phi) is 4.68. The number of rotatable bonds is 3. The van der Waals surface area contributed by atoms with Crippen LogP contribution in [-0.2, 0) is 11.0 Å². The Balaban J connectivity index is 2.31. The summed E-state index contributed by atoms with van der Waals surface area (Å²) < 4.78 is 38.5. The number of halogens is 3. The number of amides is 2. The molecule has 1 aliphatic carbocycles. The van der Waals surface area contributed by atoms with Crippen LogP contribution in [0.3, 0.4) is 0 Å². The van der Waals surface area contributed by atoms with Crippen LogP contribution in [0.15, 0.2) is 18.2 Å². The van der Waals surface area contributed by atoms with Crippen LogP contribution < -0.4 is 11.1 Å². The Bertz CT molecular complexity index is 620. The summed E-state index contributed by atoms with van der Waals surface area (Å²) in [6, 6.07) is 2.98. The van der Waals surface area contributed by atoms with E-state index in [0.717, 1.165) is 31.4 Å². The molecule has 0 atom stereocenters. The lowest BCUT2D eigenvalue weighted by atomic mass is 9.80. The average molecular weight is 328 g/mol. The monoisotopic (exact) mass is 328 g/mol. The van der Waals surface area contributed by atoms with Gasteiger partial charge < -0.3 is 11.1 Å². The first-order valence-corrected chi connectivity index (χ1v) is 7.46. The van der Waals surface area contributed by atoms with Crippen molar-refractivity contribution in [2.75, 3.05) is 0 Å². The van der Waals surface area contributed by atoms with Crippen LogP contribution in [-0.4, -0.2) is 17.4 Å². The summed E-state index contributed by atoms with van der Waals surface area (Å²) in [6.45, 7) is 1.55. The van der Waals surface area contributed by atoms with E-state index in [1.165, 1.54) is 6.07 Å². The minimum absolute atomic E-state index is 0.0916. The average Bonchev–Trinajstić information content (AvgIpc) is 2.47. The van der Waals surface area contributed by atoms with Crippen LogP contribution >= 0.6 is 0 Å². The SMILES string of the molecule is Cc1ccc(C(F)(F)F)cc1C(=O)NC1(C(N)=O)CCCCC1. The molecule has 1 aliphatic rings. The molecule has 0 spiro atoms. The van der Waals surface area contributed by atoms with Gasteiger partial charge in [-0.05, 0) is 37.5 Å². The third-order valence-electron chi connectivity index (χ3n) is 4.34. The van der Waals surface area contributed by atoms with E-state index in [9.17, 15) is 22.8 Å². The molecule has 23 heavy (non-hydrogen) atoms. The number of hydrogen-bond donors (Lipinski definition) is 2. The highest BCUT2D eigenvalue weighted by Gasteiger charge is 2.40. The molecule has 2 rings (SSSR count). The van der Waals surface area contributed by atoms with Crippen LogP contribution in [0.25, 0.3) is 0 Å². The third kappa shape index (κ3) is 3.65. The number of alkyl halides is 3. The minimum Gasteiger partial charge on any atom is -0.368 e. The highest BCUT2D eigenvalue weighted by atomic mass is 19.4. The second-order valence-corrected chi connectivity index (χ2v) is 5.99. The Morgan fingerprint density at radius 2 is 1.78 bits per heavy atom. The Labute approximate surface area is 132 Å². The molecule has 0 aromatic heterocycles. The van der Waals surface area contributed by atoms with Crippen molar-refractivity contribution in [1.82, 2.24) is 5.32 Å². The molecule has 0 saturated heterocycles. The highest BCUT2D eigenvalue weighted by Crippen LogP contribution is 2.32. The third-order valence-corrected chi connectivity index (χ3v) is 4.34. The second-order valence-electron chi connectivity index (χ2n) is 5.99. The van der Waals surface area contributed by atoms with E-state index in [1.807, 2.05) is 0 Å². The smallest absolute Gasteiger partial charge is 0.368 e. The van der Waals surface area contributed by atoms with Gasteiger partial charge in [-0.2, -0.15) is 13.2 Å². The fraction of sp³-hybridized carbons (Fsp3) is 0.500. The van der Waals surface area contributed by atoms with Crippen LogP contribution in [0.1, 0.15) is 53.6 Å². The summed E-state index contributed by atoms with van der Waals surface area (Å²) in [5.74, 6) is -1.34. The topological polar surface area (TPSA) is 72.2 Å². The summed E-state index contributed by atoms with van der Waals surface area (Å²) >= 11 is 0. The zero-order chi connectivity index (χ0) is 17.3.